The van der Waals surface area contributed by atoms with Gasteiger partial charge in [0.15, 0.2) is 5.72 Å². The maximum atomic E-state index is 14.5. The van der Waals surface area contributed by atoms with Crippen LogP contribution in [-0.4, -0.2) is 75.1 Å². The number of nitrogens with zero attached hydrogens (tertiary/aromatic N) is 4. The van der Waals surface area contributed by atoms with E-state index in [0.717, 1.165) is 44.9 Å². The number of nitriles is 2. The molecular weight excluding hydrogens is 878 g/mol. The van der Waals surface area contributed by atoms with Gasteiger partial charge in [0.2, 0.25) is 0 Å². The first-order chi connectivity index (χ1) is 24.2. The van der Waals surface area contributed by atoms with E-state index in [1.807, 2.05) is 42.7 Å². The molecule has 2 saturated heterocycles. The van der Waals surface area contributed by atoms with Gasteiger partial charge in [0, 0.05) is 47.1 Å². The molecule has 4 fully saturated rings. The first-order valence-electron chi connectivity index (χ1n) is 19.4. The zero-order valence-corrected chi connectivity index (χ0v) is 37.8. The summed E-state index contributed by atoms with van der Waals surface area (Å²) in [6.07, 6.45) is 13.1. The highest BCUT2D eigenvalue weighted by atomic mass is 127. The second-order valence-electron chi connectivity index (χ2n) is 18.9. The van der Waals surface area contributed by atoms with Crippen molar-refractivity contribution >= 4 is 57.0 Å². The molecule has 2 amide bonds. The molecule has 290 valence electrons. The van der Waals surface area contributed by atoms with Gasteiger partial charge in [-0.05, 0) is 98.2 Å². The Hall–Kier alpha value is -1.22. The van der Waals surface area contributed by atoms with Gasteiger partial charge in [-0.15, -0.1) is 0 Å². The SMILES string of the molecule is COCC1(OC)C2CC(I)CCCC2CCN1C(=O)/C(C#N)=C/C(C)(C)CC1CC(I)CC2C(C)N(C(=O)/C(C#N)=C/C(C)(C)C)CC(C)(C)C2C1. The van der Waals surface area contributed by atoms with Crippen LogP contribution >= 0.6 is 45.2 Å². The first-order valence-corrected chi connectivity index (χ1v) is 21.9. The van der Waals surface area contributed by atoms with Gasteiger partial charge >= 0.3 is 0 Å². The summed E-state index contributed by atoms with van der Waals surface area (Å²) >= 11 is 5.16. The quantitative estimate of drug-likeness (QED) is 0.104. The minimum Gasteiger partial charge on any atom is -0.380 e. The lowest BCUT2D eigenvalue weighted by Gasteiger charge is -2.53. The number of carbonyl (C=O) groups excluding carboxylic acids is 2. The van der Waals surface area contributed by atoms with Crippen molar-refractivity contribution in [3.05, 3.63) is 23.3 Å². The fourth-order valence-corrected chi connectivity index (χ4v) is 12.8. The van der Waals surface area contributed by atoms with E-state index >= 15 is 0 Å². The number of hydrogen-bond acceptors (Lipinski definition) is 6. The molecule has 0 spiro atoms. The molecule has 2 saturated carbocycles. The van der Waals surface area contributed by atoms with Gasteiger partial charge in [-0.3, -0.25) is 9.59 Å². The number of ether oxygens (including phenoxy) is 2. The van der Waals surface area contributed by atoms with E-state index in [1.165, 1.54) is 12.8 Å². The largest absolute Gasteiger partial charge is 0.380 e. The molecule has 9 unspecified atom stereocenters. The number of likely N-dealkylation sites (tertiary alicyclic amines) is 2. The van der Waals surface area contributed by atoms with Gasteiger partial charge in [0.1, 0.15) is 23.3 Å². The third-order valence-corrected chi connectivity index (χ3v) is 14.8. The number of carbonyl (C=O) groups is 2. The zero-order chi connectivity index (χ0) is 38.8. The second-order valence-corrected chi connectivity index (χ2v) is 22.4. The monoisotopic (exact) mass is 942 g/mol. The standard InChI is InChI=1S/C42H64I2N4O4/c1-27-34-18-33(44)16-28(17-36(34)41(7,8)25-47(27)37(49)30(23-45)21-39(2,3)4)20-40(5,6)22-31(24-46)38(50)48-15-14-29-12-11-13-32(43)19-35(29)42(48,52-10)26-51-9/h21-22,27-29,32-36H,11-20,25-26H2,1-10H3/b30-21+,31-22+. The number of allylic oxidation sites excluding steroid dienone is 2. The summed E-state index contributed by atoms with van der Waals surface area (Å²) in [6.45, 7) is 18.6. The Morgan fingerprint density at radius 3 is 2.13 bits per heavy atom. The van der Waals surface area contributed by atoms with E-state index < -0.39 is 11.1 Å². The van der Waals surface area contributed by atoms with Crippen LogP contribution in [0.2, 0.25) is 0 Å². The van der Waals surface area contributed by atoms with Crippen molar-refractivity contribution in [2.45, 2.75) is 133 Å². The summed E-state index contributed by atoms with van der Waals surface area (Å²) in [7, 11) is 3.37. The summed E-state index contributed by atoms with van der Waals surface area (Å²) in [5.74, 6) is 1.35. The molecule has 0 N–H and O–H groups in total. The fourth-order valence-electron chi connectivity index (χ4n) is 10.5. The third-order valence-electron chi connectivity index (χ3n) is 12.7. The molecule has 0 aromatic rings. The molecular formula is C42H64I2N4O4. The van der Waals surface area contributed by atoms with Crippen molar-refractivity contribution in [1.82, 2.24) is 9.80 Å². The second kappa shape index (κ2) is 17.3. The number of piperidine rings is 2. The highest BCUT2D eigenvalue weighted by Gasteiger charge is 2.55. The van der Waals surface area contributed by atoms with Crippen LogP contribution in [0.1, 0.15) is 113 Å². The molecule has 8 nitrogen and oxygen atoms in total. The molecule has 2 aliphatic carbocycles. The van der Waals surface area contributed by atoms with Crippen LogP contribution in [0.25, 0.3) is 0 Å². The predicted molar refractivity (Wildman–Crippen MR) is 224 cm³/mol. The van der Waals surface area contributed by atoms with Crippen molar-refractivity contribution in [3.8, 4) is 12.1 Å². The van der Waals surface area contributed by atoms with E-state index in [9.17, 15) is 20.1 Å². The minimum absolute atomic E-state index is 0.0298. The summed E-state index contributed by atoms with van der Waals surface area (Å²) in [5.41, 5.74) is -1.26. The zero-order valence-electron chi connectivity index (χ0n) is 33.4. The molecule has 9 atom stereocenters. The Balaban J connectivity index is 1.57. The number of methoxy groups -OCH3 is 2. The van der Waals surface area contributed by atoms with Crippen LogP contribution in [0.15, 0.2) is 23.3 Å². The Morgan fingerprint density at radius 1 is 0.885 bits per heavy atom. The van der Waals surface area contributed by atoms with Crippen molar-refractivity contribution in [2.75, 3.05) is 33.9 Å². The van der Waals surface area contributed by atoms with Gasteiger partial charge in [0.05, 0.1) is 6.61 Å². The van der Waals surface area contributed by atoms with Crippen LogP contribution in [0.3, 0.4) is 0 Å². The number of amides is 2. The normalized spacial score (nSPS) is 34.6. The number of halogens is 2. The maximum Gasteiger partial charge on any atom is 0.266 e. The molecule has 4 aliphatic rings. The van der Waals surface area contributed by atoms with E-state index in [-0.39, 0.29) is 52.4 Å². The lowest BCUT2D eigenvalue weighted by Crippen LogP contribution is -2.65. The predicted octanol–water partition coefficient (Wildman–Crippen LogP) is 9.27. The Morgan fingerprint density at radius 2 is 1.54 bits per heavy atom. The summed E-state index contributed by atoms with van der Waals surface area (Å²) in [5, 5.41) is 20.5. The number of alkyl halides is 2. The van der Waals surface area contributed by atoms with Gasteiger partial charge in [0.25, 0.3) is 11.8 Å². The van der Waals surface area contributed by atoms with Gasteiger partial charge in [-0.1, -0.05) is 112 Å². The van der Waals surface area contributed by atoms with Crippen LogP contribution in [0.5, 0.6) is 0 Å². The third kappa shape index (κ3) is 9.77. The first kappa shape index (κ1) is 43.5. The Kier molecular flexibility index (Phi) is 14.5. The minimum atomic E-state index is -0.900. The average Bonchev–Trinajstić information content (AvgIpc) is 3.36. The molecule has 2 heterocycles. The lowest BCUT2D eigenvalue weighted by molar-refractivity contribution is -0.227. The van der Waals surface area contributed by atoms with Gasteiger partial charge in [-0.2, -0.15) is 10.5 Å². The van der Waals surface area contributed by atoms with Gasteiger partial charge in [-0.25, -0.2) is 0 Å². The summed E-state index contributed by atoms with van der Waals surface area (Å²) < 4.78 is 13.1. The number of fused-ring (bicyclic) bond motifs is 2. The van der Waals surface area contributed by atoms with Gasteiger partial charge < -0.3 is 19.3 Å². The molecule has 0 aromatic heterocycles. The molecule has 10 heteroatoms. The van der Waals surface area contributed by atoms with Crippen molar-refractivity contribution in [3.63, 3.8) is 0 Å². The van der Waals surface area contributed by atoms with E-state index in [4.69, 9.17) is 9.47 Å². The Labute approximate surface area is 342 Å². The molecule has 52 heavy (non-hydrogen) atoms. The molecule has 2 aliphatic heterocycles. The Bertz CT molecular complexity index is 1450. The smallest absolute Gasteiger partial charge is 0.266 e. The lowest BCUT2D eigenvalue weighted by atomic mass is 9.62. The highest BCUT2D eigenvalue weighted by Crippen LogP contribution is 2.52. The summed E-state index contributed by atoms with van der Waals surface area (Å²) in [6, 6.07) is 4.56. The topological polar surface area (TPSA) is 107 Å². The summed E-state index contributed by atoms with van der Waals surface area (Å²) in [4.78, 5) is 32.1. The van der Waals surface area contributed by atoms with Crippen molar-refractivity contribution in [2.24, 2.45) is 45.8 Å². The van der Waals surface area contributed by atoms with Crippen LogP contribution in [0.4, 0.5) is 0 Å². The average molecular weight is 943 g/mol. The van der Waals surface area contributed by atoms with Crippen molar-refractivity contribution < 1.29 is 19.1 Å². The molecule has 0 radical (unpaired) electrons. The van der Waals surface area contributed by atoms with E-state index in [0.29, 0.717) is 44.6 Å². The highest BCUT2D eigenvalue weighted by molar-refractivity contribution is 14.1. The fraction of sp³-hybridized carbons (Fsp3) is 0.810. The number of hydrogen-bond donors (Lipinski definition) is 0. The van der Waals surface area contributed by atoms with E-state index in [2.05, 4.69) is 91.9 Å². The van der Waals surface area contributed by atoms with E-state index in [1.54, 1.807) is 14.2 Å². The molecule has 0 aromatic carbocycles. The molecule has 4 rings (SSSR count). The molecule has 0 bridgehead atoms. The number of rotatable bonds is 8. The van der Waals surface area contributed by atoms with Crippen LogP contribution in [0, 0.1) is 68.5 Å². The van der Waals surface area contributed by atoms with Crippen molar-refractivity contribution in [1.29, 1.82) is 10.5 Å². The van der Waals surface area contributed by atoms with Crippen LogP contribution < -0.4 is 0 Å². The van der Waals surface area contributed by atoms with Crippen LogP contribution in [-0.2, 0) is 19.1 Å². The maximum absolute atomic E-state index is 14.5.